The lowest BCUT2D eigenvalue weighted by atomic mass is 10.2. The number of hydrogen-bond acceptors (Lipinski definition) is 6. The number of halogens is 2. The van der Waals surface area contributed by atoms with Gasteiger partial charge in [-0.05, 0) is 52.2 Å². The fourth-order valence-electron chi connectivity index (χ4n) is 6.74. The average Bonchev–Trinajstić information content (AvgIpc) is 3.71. The molecule has 3 aromatic carbocycles. The number of carbonyl (C=O) groups is 3. The third-order valence-electron chi connectivity index (χ3n) is 9.10. The summed E-state index contributed by atoms with van der Waals surface area (Å²) in [7, 11) is -2.77. The molecule has 6 rings (SSSR count). The zero-order valence-corrected chi connectivity index (χ0v) is 30.8. The van der Waals surface area contributed by atoms with Gasteiger partial charge in [-0.15, -0.1) is 11.3 Å². The first-order valence-corrected chi connectivity index (χ1v) is 19.7. The van der Waals surface area contributed by atoms with E-state index in [1.807, 2.05) is 36.4 Å². The zero-order valence-electron chi connectivity index (χ0n) is 28.2. The van der Waals surface area contributed by atoms with Gasteiger partial charge in [-0.25, -0.2) is 14.0 Å². The number of nitrogens with zero attached hydrogens (tertiary/aromatic N) is 3. The number of carbonyl (C=O) groups excluding carboxylic acids is 3. The first-order valence-electron chi connectivity index (χ1n) is 16.6. The smallest absolute Gasteiger partial charge is 0.414 e. The first-order chi connectivity index (χ1) is 24.0. The van der Waals surface area contributed by atoms with Crippen LogP contribution in [-0.4, -0.2) is 76.7 Å². The zero-order chi connectivity index (χ0) is 35.5. The molecule has 1 atom stereocenters. The van der Waals surface area contributed by atoms with Gasteiger partial charge in [-0.1, -0.05) is 93.0 Å². The maximum Gasteiger partial charge on any atom is 0.414 e. The van der Waals surface area contributed by atoms with Crippen molar-refractivity contribution in [2.45, 2.75) is 38.3 Å². The average molecular weight is 735 g/mol. The third kappa shape index (κ3) is 7.29. The van der Waals surface area contributed by atoms with Crippen LogP contribution in [0.2, 0.25) is 9.37 Å². The highest BCUT2D eigenvalue weighted by atomic mass is 35.5. The fraction of sp³-hybridized carbons (Fsp3) is 0.324. The summed E-state index contributed by atoms with van der Waals surface area (Å²) in [6.45, 7) is 8.51. The van der Waals surface area contributed by atoms with Gasteiger partial charge in [0.15, 0.2) is 0 Å². The molecule has 13 heteroatoms. The SMILES string of the molecule is CC(C)(C)[Si](OCCN1CCCN(c2ccc(N3C[C@H](CNC(=O)c4ccc(Cl)s4)OC3=O)c(F)c2)C1=O)(c1ccccc1)c1ccccc1. The van der Waals surface area contributed by atoms with Gasteiger partial charge in [0.25, 0.3) is 14.2 Å². The van der Waals surface area contributed by atoms with Crippen LogP contribution in [0.5, 0.6) is 0 Å². The molecule has 0 saturated carbocycles. The van der Waals surface area contributed by atoms with Crippen molar-refractivity contribution in [3.8, 4) is 0 Å². The highest BCUT2D eigenvalue weighted by molar-refractivity contribution is 7.18. The number of rotatable bonds is 11. The van der Waals surface area contributed by atoms with Crippen molar-refractivity contribution in [1.29, 1.82) is 0 Å². The molecule has 0 unspecified atom stereocenters. The molecule has 3 heterocycles. The van der Waals surface area contributed by atoms with Gasteiger partial charge in [0.2, 0.25) is 0 Å². The molecule has 0 radical (unpaired) electrons. The van der Waals surface area contributed by atoms with E-state index in [4.69, 9.17) is 20.8 Å². The Hall–Kier alpha value is -4.23. The molecule has 262 valence electrons. The lowest BCUT2D eigenvalue weighted by molar-refractivity contribution is 0.0920. The summed E-state index contributed by atoms with van der Waals surface area (Å²) >= 11 is 7.06. The molecule has 2 aliphatic heterocycles. The molecular weight excluding hydrogens is 695 g/mol. The Kier molecular flexibility index (Phi) is 10.6. The topological polar surface area (TPSA) is 91.4 Å². The number of ether oxygens (including phenoxy) is 1. The predicted octanol–water partition coefficient (Wildman–Crippen LogP) is 6.50. The van der Waals surface area contributed by atoms with Crippen LogP contribution in [0.1, 0.15) is 36.9 Å². The molecule has 1 N–H and O–H groups in total. The van der Waals surface area contributed by atoms with E-state index in [0.717, 1.165) is 11.3 Å². The number of cyclic esters (lactones) is 1. The molecule has 0 bridgehead atoms. The van der Waals surface area contributed by atoms with E-state index in [0.29, 0.717) is 47.6 Å². The minimum atomic E-state index is -2.77. The van der Waals surface area contributed by atoms with Crippen molar-refractivity contribution in [2.75, 3.05) is 49.1 Å². The molecule has 4 amide bonds. The largest absolute Gasteiger partial charge is 0.442 e. The summed E-state index contributed by atoms with van der Waals surface area (Å²) in [5.41, 5.74) is 0.442. The second-order valence-corrected chi connectivity index (χ2v) is 19.4. The second-order valence-electron chi connectivity index (χ2n) is 13.4. The molecule has 4 aromatic rings. The van der Waals surface area contributed by atoms with E-state index in [2.05, 4.69) is 50.4 Å². The Labute approximate surface area is 301 Å². The van der Waals surface area contributed by atoms with Gasteiger partial charge in [0.1, 0.15) is 11.9 Å². The monoisotopic (exact) mass is 734 g/mol. The number of nitrogens with one attached hydrogen (secondary N) is 1. The third-order valence-corrected chi connectivity index (χ3v) is 15.4. The molecule has 2 fully saturated rings. The lowest BCUT2D eigenvalue weighted by Crippen LogP contribution is -2.67. The van der Waals surface area contributed by atoms with E-state index in [1.165, 1.54) is 27.4 Å². The minimum Gasteiger partial charge on any atom is -0.442 e. The highest BCUT2D eigenvalue weighted by Gasteiger charge is 2.50. The molecule has 0 spiro atoms. The summed E-state index contributed by atoms with van der Waals surface area (Å²) in [5.74, 6) is -0.987. The van der Waals surface area contributed by atoms with Gasteiger partial charge in [-0.2, -0.15) is 0 Å². The number of thiophene rings is 1. The number of hydrogen-bond donors (Lipinski definition) is 1. The fourth-order valence-corrected chi connectivity index (χ4v) is 12.2. The van der Waals surface area contributed by atoms with Crippen molar-refractivity contribution in [1.82, 2.24) is 10.2 Å². The van der Waals surface area contributed by atoms with Gasteiger partial charge >= 0.3 is 12.1 Å². The van der Waals surface area contributed by atoms with Crippen molar-refractivity contribution >= 4 is 71.0 Å². The van der Waals surface area contributed by atoms with Crippen molar-refractivity contribution in [3.63, 3.8) is 0 Å². The van der Waals surface area contributed by atoms with E-state index in [1.54, 1.807) is 28.0 Å². The molecule has 0 aliphatic carbocycles. The summed E-state index contributed by atoms with van der Waals surface area (Å²) in [6.07, 6.45) is -0.668. The lowest BCUT2D eigenvalue weighted by Gasteiger charge is -2.43. The van der Waals surface area contributed by atoms with E-state index in [-0.39, 0.29) is 35.8 Å². The van der Waals surface area contributed by atoms with Crippen molar-refractivity contribution in [3.05, 3.63) is 106 Å². The summed E-state index contributed by atoms with van der Waals surface area (Å²) in [6, 6.07) is 28.2. The van der Waals surface area contributed by atoms with Crippen LogP contribution in [0.15, 0.2) is 91.0 Å². The van der Waals surface area contributed by atoms with Gasteiger partial charge in [-0.3, -0.25) is 14.6 Å². The minimum absolute atomic E-state index is 0.0395. The Bertz CT molecular complexity index is 1800. The van der Waals surface area contributed by atoms with Crippen molar-refractivity contribution < 1.29 is 27.9 Å². The Morgan fingerprint density at radius 3 is 2.26 bits per heavy atom. The predicted molar refractivity (Wildman–Crippen MR) is 198 cm³/mol. The molecule has 50 heavy (non-hydrogen) atoms. The standard InChI is InChI=1S/C37H40ClFN4O5SSi/c1-37(2,3)50(28-11-6-4-7-12-28,29-13-8-5-9-14-29)47-22-21-41-19-10-20-42(35(41)45)26-15-16-31(30(39)23-26)43-25-27(48-36(43)46)24-40-34(44)32-17-18-33(38)49-32/h4-9,11-18,23,27H,10,19-22,24-25H2,1-3H3,(H,40,44)/t27-/m0/s1. The van der Waals surface area contributed by atoms with E-state index < -0.39 is 26.3 Å². The number of amides is 4. The van der Waals surface area contributed by atoms with Crippen LogP contribution in [0.25, 0.3) is 0 Å². The quantitative estimate of drug-likeness (QED) is 0.178. The molecule has 2 saturated heterocycles. The number of anilines is 2. The van der Waals surface area contributed by atoms with Crippen molar-refractivity contribution in [2.24, 2.45) is 0 Å². The van der Waals surface area contributed by atoms with Crippen LogP contribution in [0.3, 0.4) is 0 Å². The van der Waals surface area contributed by atoms with Gasteiger partial charge in [0.05, 0.1) is 34.6 Å². The van der Waals surface area contributed by atoms with Crippen LogP contribution >= 0.6 is 22.9 Å². The Morgan fingerprint density at radius 2 is 1.66 bits per heavy atom. The molecule has 2 aliphatic rings. The number of urea groups is 1. The van der Waals surface area contributed by atoms with Crippen LogP contribution in [0.4, 0.5) is 25.4 Å². The summed E-state index contributed by atoms with van der Waals surface area (Å²) in [4.78, 5) is 43.8. The maximum atomic E-state index is 15.6. The Morgan fingerprint density at radius 1 is 0.980 bits per heavy atom. The maximum absolute atomic E-state index is 15.6. The van der Waals surface area contributed by atoms with Gasteiger partial charge in [0, 0.05) is 25.3 Å². The molecular formula is C37H40ClFN4O5SSi. The summed E-state index contributed by atoms with van der Waals surface area (Å²) < 4.78 is 28.5. The molecule has 1 aromatic heterocycles. The number of benzene rings is 3. The van der Waals surface area contributed by atoms with E-state index >= 15 is 4.39 Å². The molecule has 9 nitrogen and oxygen atoms in total. The van der Waals surface area contributed by atoms with Gasteiger partial charge < -0.3 is 19.4 Å². The summed E-state index contributed by atoms with van der Waals surface area (Å²) in [5, 5.41) is 4.87. The highest BCUT2D eigenvalue weighted by Crippen LogP contribution is 2.37. The van der Waals surface area contributed by atoms with Crippen LogP contribution in [-0.2, 0) is 9.16 Å². The van der Waals surface area contributed by atoms with Crippen LogP contribution in [0, 0.1) is 5.82 Å². The van der Waals surface area contributed by atoms with E-state index in [9.17, 15) is 14.4 Å². The normalized spacial score (nSPS) is 16.9. The first kappa shape index (κ1) is 35.6. The second kappa shape index (κ2) is 14.9. The van der Waals surface area contributed by atoms with Crippen LogP contribution < -0.4 is 25.5 Å². The Balaban J connectivity index is 1.11.